The molecule has 0 bridgehead atoms. The van der Waals surface area contributed by atoms with Gasteiger partial charge in [0.2, 0.25) is 0 Å². The highest BCUT2D eigenvalue weighted by molar-refractivity contribution is 7.46. The second-order valence-electron chi connectivity index (χ2n) is 7.14. The van der Waals surface area contributed by atoms with Crippen LogP contribution in [-0.2, 0) is 18.6 Å². The Kier molecular flexibility index (Phi) is 18.4. The number of carbonyl (C=O) groups is 1. The smallest absolute Gasteiger partial charge is 0.460 e. The molecule has 0 aromatic rings. The Bertz CT molecular complexity index is 499. The van der Waals surface area contributed by atoms with Gasteiger partial charge in [0.1, 0.15) is 12.7 Å². The van der Waals surface area contributed by atoms with Crippen molar-refractivity contribution in [3.8, 4) is 0 Å². The number of phosphoric acid groups is 1. The molecule has 0 radical (unpaired) electrons. The summed E-state index contributed by atoms with van der Waals surface area (Å²) in [6, 6.07) is 0. The van der Waals surface area contributed by atoms with Crippen LogP contribution in [0.1, 0.15) is 84.0 Å². The maximum atomic E-state index is 11.5. The second-order valence-corrected chi connectivity index (χ2v) is 8.38. The molecule has 0 rings (SSSR count). The largest absolute Gasteiger partial charge is 0.469 e. The van der Waals surface area contributed by atoms with Gasteiger partial charge < -0.3 is 19.6 Å². The van der Waals surface area contributed by atoms with Crippen molar-refractivity contribution in [2.75, 3.05) is 13.2 Å². The Morgan fingerprint density at radius 3 is 1.93 bits per heavy atom. The van der Waals surface area contributed by atoms with E-state index in [2.05, 4.69) is 23.6 Å². The Labute approximate surface area is 175 Å². The van der Waals surface area contributed by atoms with Gasteiger partial charge >= 0.3 is 13.8 Å². The molecule has 8 heteroatoms. The minimum absolute atomic E-state index is 0.378. The summed E-state index contributed by atoms with van der Waals surface area (Å²) in [6.45, 7) is 1.24. The van der Waals surface area contributed by atoms with E-state index in [1.54, 1.807) is 6.08 Å². The van der Waals surface area contributed by atoms with E-state index in [1.165, 1.54) is 63.9 Å². The molecule has 170 valence electrons. The molecule has 1 unspecified atom stereocenters. The first-order chi connectivity index (χ1) is 13.8. The topological polar surface area (TPSA) is 113 Å². The second kappa shape index (κ2) is 19.0. The molecule has 0 saturated carbocycles. The van der Waals surface area contributed by atoms with E-state index in [4.69, 9.17) is 14.5 Å². The normalized spacial score (nSPS) is 13.4. The molecule has 0 aliphatic rings. The van der Waals surface area contributed by atoms with E-state index in [0.717, 1.165) is 19.3 Å². The fraction of sp³-hybridized carbons (Fsp3) is 0.762. The molecule has 0 heterocycles. The first-order valence-corrected chi connectivity index (χ1v) is 12.2. The van der Waals surface area contributed by atoms with E-state index in [-0.39, 0.29) is 6.61 Å². The number of hydrogen-bond donors (Lipinski definition) is 3. The van der Waals surface area contributed by atoms with Crippen LogP contribution < -0.4 is 0 Å². The van der Waals surface area contributed by atoms with Gasteiger partial charge in [0.25, 0.3) is 0 Å². The highest BCUT2D eigenvalue weighted by Crippen LogP contribution is 2.35. The lowest BCUT2D eigenvalue weighted by molar-refractivity contribution is -0.141. The summed E-state index contributed by atoms with van der Waals surface area (Å²) in [5.41, 5.74) is 0. The molecule has 0 aliphatic carbocycles. The SMILES string of the molecule is CCCCCC=CCCCCCCCCC=CC(=O)OCC(O)COP(=O)(O)O. The number of unbranched alkanes of at least 4 members (excludes halogenated alkanes) is 10. The quantitative estimate of drug-likeness (QED) is 0.0878. The van der Waals surface area contributed by atoms with Crippen molar-refractivity contribution in [2.45, 2.75) is 90.1 Å². The minimum Gasteiger partial charge on any atom is -0.460 e. The molecule has 29 heavy (non-hydrogen) atoms. The first-order valence-electron chi connectivity index (χ1n) is 10.7. The summed E-state index contributed by atoms with van der Waals surface area (Å²) in [5, 5.41) is 9.39. The fourth-order valence-corrected chi connectivity index (χ4v) is 2.98. The van der Waals surface area contributed by atoms with Crippen molar-refractivity contribution < 1.29 is 33.5 Å². The number of allylic oxidation sites excluding steroid dienone is 3. The number of hydrogen-bond acceptors (Lipinski definition) is 5. The average molecular weight is 435 g/mol. The van der Waals surface area contributed by atoms with E-state index < -0.39 is 26.5 Å². The summed E-state index contributed by atoms with van der Waals surface area (Å²) in [5.74, 6) is -0.594. The summed E-state index contributed by atoms with van der Waals surface area (Å²) in [7, 11) is -4.63. The standard InChI is InChI=1S/C21H39O7P/c1-2-3-4-5-6-7-8-9-10-11-12-13-14-15-16-17-21(23)27-18-20(22)19-28-29(24,25)26/h6-7,16-17,20,22H,2-5,8-15,18-19H2,1H3,(H2,24,25,26). The lowest BCUT2D eigenvalue weighted by atomic mass is 10.1. The number of aliphatic hydroxyl groups excluding tert-OH is 1. The third kappa shape index (κ3) is 23.2. The van der Waals surface area contributed by atoms with E-state index >= 15 is 0 Å². The van der Waals surface area contributed by atoms with E-state index in [9.17, 15) is 14.5 Å². The molecule has 0 aromatic carbocycles. The van der Waals surface area contributed by atoms with Crippen LogP contribution in [0.15, 0.2) is 24.3 Å². The van der Waals surface area contributed by atoms with Crippen molar-refractivity contribution in [3.05, 3.63) is 24.3 Å². The van der Waals surface area contributed by atoms with Crippen molar-refractivity contribution in [1.82, 2.24) is 0 Å². The first kappa shape index (κ1) is 28.0. The van der Waals surface area contributed by atoms with Crippen LogP contribution in [0, 0.1) is 0 Å². The van der Waals surface area contributed by atoms with E-state index in [1.807, 2.05) is 0 Å². The van der Waals surface area contributed by atoms with Crippen molar-refractivity contribution in [1.29, 1.82) is 0 Å². The number of rotatable bonds is 19. The number of esters is 1. The van der Waals surface area contributed by atoms with Crippen molar-refractivity contribution >= 4 is 13.8 Å². The van der Waals surface area contributed by atoms with Gasteiger partial charge in [-0.25, -0.2) is 9.36 Å². The molecule has 1 atom stereocenters. The zero-order chi connectivity index (χ0) is 21.8. The van der Waals surface area contributed by atoms with Gasteiger partial charge in [0, 0.05) is 6.08 Å². The third-order valence-corrected chi connectivity index (χ3v) is 4.73. The molecule has 7 nitrogen and oxygen atoms in total. The summed E-state index contributed by atoms with van der Waals surface area (Å²) < 4.78 is 19.4. The van der Waals surface area contributed by atoms with Crippen LogP contribution in [0.4, 0.5) is 0 Å². The molecule has 3 N–H and O–H groups in total. The predicted octanol–water partition coefficient (Wildman–Crippen LogP) is 4.81. The summed E-state index contributed by atoms with van der Waals surface area (Å²) in [6.07, 6.45) is 20.6. The molecule has 0 aliphatic heterocycles. The van der Waals surface area contributed by atoms with Crippen LogP contribution >= 0.6 is 7.82 Å². The number of carbonyl (C=O) groups excluding carboxylic acids is 1. The Hall–Kier alpha value is -0.980. The maximum absolute atomic E-state index is 11.5. The number of aliphatic hydroxyl groups is 1. The van der Waals surface area contributed by atoms with Crippen molar-refractivity contribution in [2.24, 2.45) is 0 Å². The molecular formula is C21H39O7P. The van der Waals surface area contributed by atoms with Gasteiger partial charge in [0.05, 0.1) is 6.61 Å². The highest BCUT2D eigenvalue weighted by atomic mass is 31.2. The van der Waals surface area contributed by atoms with Crippen LogP contribution in [-0.4, -0.2) is 40.2 Å². The van der Waals surface area contributed by atoms with Crippen molar-refractivity contribution in [3.63, 3.8) is 0 Å². The van der Waals surface area contributed by atoms with Crippen LogP contribution in [0.25, 0.3) is 0 Å². The molecular weight excluding hydrogens is 395 g/mol. The zero-order valence-corrected chi connectivity index (χ0v) is 18.6. The molecule has 0 amide bonds. The van der Waals surface area contributed by atoms with Gasteiger partial charge in [-0.05, 0) is 38.5 Å². The van der Waals surface area contributed by atoms with Gasteiger partial charge in [-0.1, -0.05) is 63.7 Å². The summed E-state index contributed by atoms with van der Waals surface area (Å²) in [4.78, 5) is 28.5. The van der Waals surface area contributed by atoms with Crippen LogP contribution in [0.5, 0.6) is 0 Å². The zero-order valence-electron chi connectivity index (χ0n) is 17.7. The minimum atomic E-state index is -4.63. The Balaban J connectivity index is 3.46. The molecule has 0 fully saturated rings. The molecule has 0 aromatic heterocycles. The molecule has 0 saturated heterocycles. The lowest BCUT2D eigenvalue weighted by Gasteiger charge is -2.11. The number of phosphoric ester groups is 1. The third-order valence-electron chi connectivity index (χ3n) is 4.24. The van der Waals surface area contributed by atoms with Crippen LogP contribution in [0.3, 0.4) is 0 Å². The van der Waals surface area contributed by atoms with E-state index in [0.29, 0.717) is 0 Å². The van der Waals surface area contributed by atoms with Gasteiger partial charge in [-0.15, -0.1) is 0 Å². The fourth-order valence-electron chi connectivity index (χ4n) is 2.62. The van der Waals surface area contributed by atoms with Gasteiger partial charge in [-0.2, -0.15) is 0 Å². The monoisotopic (exact) mass is 434 g/mol. The predicted molar refractivity (Wildman–Crippen MR) is 114 cm³/mol. The Morgan fingerprint density at radius 1 is 0.862 bits per heavy atom. The maximum Gasteiger partial charge on any atom is 0.469 e. The number of ether oxygens (including phenoxy) is 1. The highest BCUT2D eigenvalue weighted by Gasteiger charge is 2.17. The van der Waals surface area contributed by atoms with Gasteiger partial charge in [0.15, 0.2) is 0 Å². The summed E-state index contributed by atoms with van der Waals surface area (Å²) >= 11 is 0. The van der Waals surface area contributed by atoms with Crippen LogP contribution in [0.2, 0.25) is 0 Å². The van der Waals surface area contributed by atoms with Gasteiger partial charge in [-0.3, -0.25) is 4.52 Å². The lowest BCUT2D eigenvalue weighted by Crippen LogP contribution is -2.22. The Morgan fingerprint density at radius 2 is 1.38 bits per heavy atom. The molecule has 0 spiro atoms. The average Bonchev–Trinajstić information content (AvgIpc) is 2.67.